The van der Waals surface area contributed by atoms with Crippen LogP contribution in [0.3, 0.4) is 0 Å². The minimum absolute atomic E-state index is 0.0347. The van der Waals surface area contributed by atoms with Gasteiger partial charge in [-0.1, -0.05) is 6.92 Å². The van der Waals surface area contributed by atoms with Gasteiger partial charge in [0.15, 0.2) is 0 Å². The lowest BCUT2D eigenvalue weighted by atomic mass is 10.2. The standard InChI is InChI=1S/C6H9NO3/c1-2-4(6(9)10)3-5(7)8/h3H,2H2,1H3,(H2,7,8)(H,9,10)/b4-3-. The van der Waals surface area contributed by atoms with Crippen molar-refractivity contribution in [1.82, 2.24) is 0 Å². The Morgan fingerprint density at radius 2 is 2.10 bits per heavy atom. The van der Waals surface area contributed by atoms with Gasteiger partial charge < -0.3 is 10.8 Å². The van der Waals surface area contributed by atoms with Crippen LogP contribution in [0.25, 0.3) is 0 Å². The summed E-state index contributed by atoms with van der Waals surface area (Å²) in [4.78, 5) is 20.3. The van der Waals surface area contributed by atoms with E-state index < -0.39 is 11.9 Å². The van der Waals surface area contributed by atoms with Crippen LogP contribution < -0.4 is 5.73 Å². The molecule has 0 saturated carbocycles. The number of carbonyl (C=O) groups is 2. The molecule has 0 aliphatic rings. The summed E-state index contributed by atoms with van der Waals surface area (Å²) in [5.41, 5.74) is 4.76. The van der Waals surface area contributed by atoms with E-state index in [4.69, 9.17) is 10.8 Å². The Labute approximate surface area is 58.3 Å². The number of aliphatic carboxylic acids is 1. The Bertz CT molecular complexity index is 183. The summed E-state index contributed by atoms with van der Waals surface area (Å²) in [6, 6.07) is 0. The van der Waals surface area contributed by atoms with E-state index in [2.05, 4.69) is 0 Å². The quantitative estimate of drug-likeness (QED) is 0.541. The van der Waals surface area contributed by atoms with Gasteiger partial charge in [-0.2, -0.15) is 0 Å². The van der Waals surface area contributed by atoms with Crippen LogP contribution in [-0.2, 0) is 9.59 Å². The molecule has 1 amide bonds. The van der Waals surface area contributed by atoms with E-state index >= 15 is 0 Å². The first kappa shape index (κ1) is 8.68. The van der Waals surface area contributed by atoms with E-state index in [1.54, 1.807) is 6.92 Å². The summed E-state index contributed by atoms with van der Waals surface area (Å²) >= 11 is 0. The van der Waals surface area contributed by atoms with Gasteiger partial charge in [-0.3, -0.25) is 4.79 Å². The summed E-state index contributed by atoms with van der Waals surface area (Å²) in [7, 11) is 0. The Hall–Kier alpha value is -1.32. The first-order chi connectivity index (χ1) is 4.57. The molecule has 0 aromatic carbocycles. The molecule has 0 fully saturated rings. The average molecular weight is 143 g/mol. The maximum Gasteiger partial charge on any atom is 0.331 e. The highest BCUT2D eigenvalue weighted by Gasteiger charge is 2.04. The second-order valence-corrected chi connectivity index (χ2v) is 1.73. The first-order valence-corrected chi connectivity index (χ1v) is 2.81. The summed E-state index contributed by atoms with van der Waals surface area (Å²) in [6.45, 7) is 1.64. The molecule has 0 radical (unpaired) electrons. The molecule has 3 N–H and O–H groups in total. The fourth-order valence-corrected chi connectivity index (χ4v) is 0.487. The van der Waals surface area contributed by atoms with Gasteiger partial charge in [-0.05, 0) is 6.42 Å². The van der Waals surface area contributed by atoms with E-state index in [0.29, 0.717) is 6.42 Å². The highest BCUT2D eigenvalue weighted by atomic mass is 16.4. The maximum absolute atomic E-state index is 10.2. The second-order valence-electron chi connectivity index (χ2n) is 1.73. The molecule has 0 heterocycles. The number of nitrogens with two attached hydrogens (primary N) is 1. The van der Waals surface area contributed by atoms with E-state index in [1.165, 1.54) is 0 Å². The zero-order valence-electron chi connectivity index (χ0n) is 5.63. The van der Waals surface area contributed by atoms with E-state index in [-0.39, 0.29) is 5.57 Å². The number of carbonyl (C=O) groups excluding carboxylic acids is 1. The first-order valence-electron chi connectivity index (χ1n) is 2.81. The zero-order chi connectivity index (χ0) is 8.15. The monoisotopic (exact) mass is 143 g/mol. The third-order valence-corrected chi connectivity index (χ3v) is 0.972. The van der Waals surface area contributed by atoms with Crippen molar-refractivity contribution in [3.63, 3.8) is 0 Å². The van der Waals surface area contributed by atoms with Crippen LogP contribution in [0.4, 0.5) is 0 Å². The van der Waals surface area contributed by atoms with Crippen molar-refractivity contribution in [1.29, 1.82) is 0 Å². The molecule has 10 heavy (non-hydrogen) atoms. The predicted molar refractivity (Wildman–Crippen MR) is 35.2 cm³/mol. The maximum atomic E-state index is 10.2. The molecule has 0 aliphatic heterocycles. The number of rotatable bonds is 3. The summed E-state index contributed by atoms with van der Waals surface area (Å²) in [5.74, 6) is -1.82. The average Bonchev–Trinajstić information content (AvgIpc) is 1.81. The van der Waals surface area contributed by atoms with Gasteiger partial charge in [-0.25, -0.2) is 4.79 Å². The summed E-state index contributed by atoms with van der Waals surface area (Å²) in [5, 5.41) is 8.35. The molecule has 0 spiro atoms. The Balaban J connectivity index is 4.34. The molecule has 4 heteroatoms. The van der Waals surface area contributed by atoms with Crippen molar-refractivity contribution in [2.45, 2.75) is 13.3 Å². The summed E-state index contributed by atoms with van der Waals surface area (Å²) in [6.07, 6.45) is 1.22. The van der Waals surface area contributed by atoms with E-state index in [0.717, 1.165) is 6.08 Å². The van der Waals surface area contributed by atoms with Crippen molar-refractivity contribution in [3.05, 3.63) is 11.6 Å². The lowest BCUT2D eigenvalue weighted by Gasteiger charge is -1.92. The Morgan fingerprint density at radius 3 is 2.20 bits per heavy atom. The van der Waals surface area contributed by atoms with E-state index in [1.807, 2.05) is 0 Å². The van der Waals surface area contributed by atoms with Crippen molar-refractivity contribution < 1.29 is 14.7 Å². The van der Waals surface area contributed by atoms with Gasteiger partial charge in [0.25, 0.3) is 0 Å². The van der Waals surface area contributed by atoms with Crippen molar-refractivity contribution in [2.24, 2.45) is 5.73 Å². The van der Waals surface area contributed by atoms with Crippen LogP contribution in [0.5, 0.6) is 0 Å². The molecular weight excluding hydrogens is 134 g/mol. The SMILES string of the molecule is CC/C(=C/C(N)=O)C(=O)O. The topological polar surface area (TPSA) is 80.4 Å². The molecule has 56 valence electrons. The number of amides is 1. The van der Waals surface area contributed by atoms with Crippen LogP contribution in [0.1, 0.15) is 13.3 Å². The normalized spacial score (nSPS) is 11.1. The van der Waals surface area contributed by atoms with Gasteiger partial charge in [0.1, 0.15) is 0 Å². The number of hydrogen-bond donors (Lipinski definition) is 2. The second kappa shape index (κ2) is 3.66. The van der Waals surface area contributed by atoms with Gasteiger partial charge in [-0.15, -0.1) is 0 Å². The Kier molecular flexibility index (Phi) is 3.17. The zero-order valence-corrected chi connectivity index (χ0v) is 5.63. The number of primary amides is 1. The number of carboxylic acid groups (broad SMARTS) is 1. The third kappa shape index (κ3) is 2.86. The molecule has 0 atom stereocenters. The van der Waals surface area contributed by atoms with Crippen LogP contribution in [0.15, 0.2) is 11.6 Å². The highest BCUT2D eigenvalue weighted by Crippen LogP contribution is 1.98. The van der Waals surface area contributed by atoms with Crippen LogP contribution in [0, 0.1) is 0 Å². The van der Waals surface area contributed by atoms with E-state index in [9.17, 15) is 9.59 Å². The molecule has 0 aromatic heterocycles. The smallest absolute Gasteiger partial charge is 0.331 e. The molecular formula is C6H9NO3. The third-order valence-electron chi connectivity index (χ3n) is 0.972. The molecule has 4 nitrogen and oxygen atoms in total. The Morgan fingerprint density at radius 1 is 1.60 bits per heavy atom. The fraction of sp³-hybridized carbons (Fsp3) is 0.333. The highest BCUT2D eigenvalue weighted by molar-refractivity contribution is 5.96. The van der Waals surface area contributed by atoms with Gasteiger partial charge in [0.05, 0.1) is 0 Å². The molecule has 0 saturated heterocycles. The summed E-state index contributed by atoms with van der Waals surface area (Å²) < 4.78 is 0. The van der Waals surface area contributed by atoms with Crippen molar-refractivity contribution in [2.75, 3.05) is 0 Å². The minimum atomic E-state index is -1.10. The number of carboxylic acids is 1. The molecule has 0 rings (SSSR count). The van der Waals surface area contributed by atoms with Crippen LogP contribution in [-0.4, -0.2) is 17.0 Å². The van der Waals surface area contributed by atoms with Crippen LogP contribution in [0.2, 0.25) is 0 Å². The van der Waals surface area contributed by atoms with Crippen LogP contribution >= 0.6 is 0 Å². The van der Waals surface area contributed by atoms with Gasteiger partial charge in [0.2, 0.25) is 5.91 Å². The predicted octanol–water partition coefficient (Wildman–Crippen LogP) is -0.107. The van der Waals surface area contributed by atoms with Crippen molar-refractivity contribution in [3.8, 4) is 0 Å². The van der Waals surface area contributed by atoms with Gasteiger partial charge >= 0.3 is 5.97 Å². The lowest BCUT2D eigenvalue weighted by molar-refractivity contribution is -0.133. The number of hydrogen-bond acceptors (Lipinski definition) is 2. The fourth-order valence-electron chi connectivity index (χ4n) is 0.487. The lowest BCUT2D eigenvalue weighted by Crippen LogP contribution is -2.10. The molecule has 0 aromatic rings. The van der Waals surface area contributed by atoms with Gasteiger partial charge in [0, 0.05) is 11.6 Å². The molecule has 0 bridgehead atoms. The largest absolute Gasteiger partial charge is 0.478 e. The van der Waals surface area contributed by atoms with Crippen molar-refractivity contribution >= 4 is 11.9 Å². The molecule has 0 aliphatic carbocycles. The minimum Gasteiger partial charge on any atom is -0.478 e. The molecule has 0 unspecified atom stereocenters.